The van der Waals surface area contributed by atoms with E-state index in [1.54, 1.807) is 25.1 Å². The summed E-state index contributed by atoms with van der Waals surface area (Å²) in [6.45, 7) is 0.275. The fourth-order valence-corrected chi connectivity index (χ4v) is 5.30. The number of aromatic hydroxyl groups is 1. The quantitative estimate of drug-likeness (QED) is 0.613. The van der Waals surface area contributed by atoms with Crippen molar-refractivity contribution in [1.29, 1.82) is 0 Å². The Morgan fingerprint density at radius 1 is 1.26 bits per heavy atom. The molecule has 5 rings (SSSR count). The van der Waals surface area contributed by atoms with Crippen molar-refractivity contribution in [3.05, 3.63) is 62.3 Å². The minimum atomic E-state index is -0.940. The maximum atomic E-state index is 14.2. The van der Waals surface area contributed by atoms with Crippen LogP contribution >= 0.6 is 11.6 Å². The lowest BCUT2D eigenvalue weighted by Crippen LogP contribution is -2.51. The maximum Gasteiger partial charge on any atom is 0.274 e. The molecule has 2 atom stereocenters. The van der Waals surface area contributed by atoms with Crippen molar-refractivity contribution in [3.8, 4) is 5.75 Å². The van der Waals surface area contributed by atoms with E-state index in [1.807, 2.05) is 0 Å². The summed E-state index contributed by atoms with van der Waals surface area (Å²) < 4.78 is 15.7. The molecule has 2 aliphatic carbocycles. The normalized spacial score (nSPS) is 22.8. The van der Waals surface area contributed by atoms with Crippen LogP contribution in [0.15, 0.2) is 29.2 Å². The average Bonchev–Trinajstić information content (AvgIpc) is 3.74. The number of halogens is 2. The van der Waals surface area contributed by atoms with Crippen LogP contribution in [0.1, 0.15) is 52.1 Å². The highest BCUT2D eigenvalue weighted by Crippen LogP contribution is 2.55. The minimum Gasteiger partial charge on any atom is -0.503 e. The molecule has 2 fully saturated rings. The van der Waals surface area contributed by atoms with E-state index in [4.69, 9.17) is 11.6 Å². The summed E-state index contributed by atoms with van der Waals surface area (Å²) in [5.41, 5.74) is -2.00. The van der Waals surface area contributed by atoms with Gasteiger partial charge in [-0.3, -0.25) is 19.2 Å². The van der Waals surface area contributed by atoms with Gasteiger partial charge < -0.3 is 19.5 Å². The predicted molar refractivity (Wildman–Crippen MR) is 125 cm³/mol. The van der Waals surface area contributed by atoms with Gasteiger partial charge in [0.1, 0.15) is 5.82 Å². The van der Waals surface area contributed by atoms with Crippen molar-refractivity contribution in [3.63, 3.8) is 0 Å². The first kappa shape index (κ1) is 23.5. The molecule has 0 radical (unpaired) electrons. The zero-order valence-corrected chi connectivity index (χ0v) is 20.1. The number of fused-ring (bicyclic) bond motifs is 2. The fraction of sp³-hybridized carbons (Fsp3) is 0.440. The van der Waals surface area contributed by atoms with Crippen LogP contribution in [-0.4, -0.2) is 63.8 Å². The predicted octanol–water partition coefficient (Wildman–Crippen LogP) is 2.58. The third-order valence-electron chi connectivity index (χ3n) is 7.30. The number of nitrogens with zero attached hydrogens (tertiary/aromatic N) is 3. The molecule has 1 aromatic heterocycles. The molecule has 2 saturated carbocycles. The van der Waals surface area contributed by atoms with Crippen molar-refractivity contribution in [2.75, 3.05) is 20.6 Å². The number of hydrogen-bond donors (Lipinski definition) is 1. The second-order valence-corrected chi connectivity index (χ2v) is 10.2. The first-order chi connectivity index (χ1) is 16.6. The topological polar surface area (TPSA) is 99.9 Å². The molecule has 10 heteroatoms. The van der Waals surface area contributed by atoms with E-state index in [-0.39, 0.29) is 53.2 Å². The minimum absolute atomic E-state index is 0.00838. The van der Waals surface area contributed by atoms with Gasteiger partial charge >= 0.3 is 0 Å². The van der Waals surface area contributed by atoms with Crippen molar-refractivity contribution >= 4 is 29.2 Å². The number of amides is 2. The van der Waals surface area contributed by atoms with Gasteiger partial charge in [0.05, 0.1) is 22.0 Å². The van der Waals surface area contributed by atoms with E-state index in [1.165, 1.54) is 27.8 Å². The number of pyridine rings is 1. The van der Waals surface area contributed by atoms with Crippen molar-refractivity contribution < 1.29 is 23.9 Å². The summed E-state index contributed by atoms with van der Waals surface area (Å²) >= 11 is 5.81. The summed E-state index contributed by atoms with van der Waals surface area (Å²) in [5, 5.41) is 10.8. The monoisotopic (exact) mass is 501 g/mol. The van der Waals surface area contributed by atoms with Crippen LogP contribution in [0.5, 0.6) is 5.75 Å². The van der Waals surface area contributed by atoms with E-state index >= 15 is 0 Å². The molecule has 2 heterocycles. The molecule has 35 heavy (non-hydrogen) atoms. The number of Topliss-reactive ketones (excluding diaryl/α,β-unsaturated/α-hetero) is 1. The zero-order chi connectivity index (χ0) is 25.2. The smallest absolute Gasteiger partial charge is 0.274 e. The van der Waals surface area contributed by atoms with Gasteiger partial charge in [-0.05, 0) is 37.3 Å². The van der Waals surface area contributed by atoms with Gasteiger partial charge in [-0.15, -0.1) is 0 Å². The molecule has 2 amide bonds. The highest BCUT2D eigenvalue weighted by atomic mass is 35.5. The Kier molecular flexibility index (Phi) is 5.51. The number of aryl methyl sites for hydroxylation is 1. The van der Waals surface area contributed by atoms with E-state index in [9.17, 15) is 28.7 Å². The molecular formula is C25H25ClFN3O5. The molecule has 8 nitrogen and oxygen atoms in total. The molecule has 0 bridgehead atoms. The fourth-order valence-electron chi connectivity index (χ4n) is 5.10. The Morgan fingerprint density at radius 3 is 2.63 bits per heavy atom. The lowest BCUT2D eigenvalue weighted by atomic mass is 9.99. The molecule has 1 N–H and O–H groups in total. The third-order valence-corrected chi connectivity index (χ3v) is 7.59. The molecule has 0 saturated heterocycles. The van der Waals surface area contributed by atoms with Gasteiger partial charge in [-0.2, -0.15) is 0 Å². The number of hydrogen-bond acceptors (Lipinski definition) is 5. The highest BCUT2D eigenvalue weighted by molar-refractivity contribution is 6.30. The van der Waals surface area contributed by atoms with E-state index < -0.39 is 40.1 Å². The number of ketones is 1. The summed E-state index contributed by atoms with van der Waals surface area (Å²) in [6.07, 6.45) is 3.21. The van der Waals surface area contributed by atoms with Gasteiger partial charge in [-0.1, -0.05) is 23.7 Å². The Balaban J connectivity index is 1.53. The Hall–Kier alpha value is -3.20. The molecule has 2 aromatic rings. The molecule has 1 spiro atoms. The van der Waals surface area contributed by atoms with Gasteiger partial charge in [0.2, 0.25) is 11.3 Å². The average molecular weight is 502 g/mol. The number of carbonyl (C=O) groups is 3. The summed E-state index contributed by atoms with van der Waals surface area (Å²) in [7, 11) is 3.30. The Labute approximate surface area is 205 Å². The van der Waals surface area contributed by atoms with Crippen LogP contribution < -0.4 is 5.43 Å². The lowest BCUT2D eigenvalue weighted by Gasteiger charge is -2.38. The van der Waals surface area contributed by atoms with Crippen LogP contribution in [0, 0.1) is 11.7 Å². The number of carbonyl (C=O) groups excluding carboxylic acids is 3. The van der Waals surface area contributed by atoms with Gasteiger partial charge in [0.15, 0.2) is 17.2 Å². The van der Waals surface area contributed by atoms with Crippen LogP contribution in [0.3, 0.4) is 0 Å². The maximum absolute atomic E-state index is 14.2. The van der Waals surface area contributed by atoms with Crippen LogP contribution in [0.4, 0.5) is 4.39 Å². The SMILES string of the molecule is CN(C)C(=O)C1CC12CN(C1CC1)C(=O)c1c(O)c(=O)c(C(=O)CCc3cccc(Cl)c3F)cn12. The molecular weight excluding hydrogens is 477 g/mol. The second kappa shape index (κ2) is 8.19. The molecule has 1 aromatic carbocycles. The molecule has 1 aliphatic heterocycles. The third kappa shape index (κ3) is 3.73. The number of aromatic nitrogens is 1. The largest absolute Gasteiger partial charge is 0.503 e. The zero-order valence-electron chi connectivity index (χ0n) is 19.4. The molecule has 3 aliphatic rings. The standard InChI is InChI=1S/C25H25ClFN3O5/c1-28(2)23(34)16-10-25(16)12-29(14-7-8-14)24(35)20-22(33)21(32)15(11-30(20)25)18(31)9-6-13-4-3-5-17(26)19(13)27/h3-5,11,14,16,33H,6-10,12H2,1-2H3. The van der Waals surface area contributed by atoms with E-state index in [0.717, 1.165) is 12.8 Å². The number of rotatable bonds is 6. The van der Waals surface area contributed by atoms with E-state index in [0.29, 0.717) is 6.42 Å². The summed E-state index contributed by atoms with van der Waals surface area (Å²) in [4.78, 5) is 55.2. The van der Waals surface area contributed by atoms with Crippen molar-refractivity contribution in [2.24, 2.45) is 5.92 Å². The first-order valence-corrected chi connectivity index (χ1v) is 11.9. The van der Waals surface area contributed by atoms with Crippen LogP contribution in [0.2, 0.25) is 5.02 Å². The van der Waals surface area contributed by atoms with E-state index in [2.05, 4.69) is 0 Å². The van der Waals surface area contributed by atoms with Gasteiger partial charge in [0, 0.05) is 39.3 Å². The van der Waals surface area contributed by atoms with Gasteiger partial charge in [-0.25, -0.2) is 4.39 Å². The molecule has 2 unspecified atom stereocenters. The van der Waals surface area contributed by atoms with Crippen molar-refractivity contribution in [2.45, 2.75) is 43.7 Å². The highest BCUT2D eigenvalue weighted by Gasteiger charge is 2.65. The summed E-state index contributed by atoms with van der Waals surface area (Å²) in [5.74, 6) is -3.05. The lowest BCUT2D eigenvalue weighted by molar-refractivity contribution is -0.131. The second-order valence-electron chi connectivity index (χ2n) is 9.83. The van der Waals surface area contributed by atoms with Crippen molar-refractivity contribution in [1.82, 2.24) is 14.4 Å². The Bertz CT molecular complexity index is 1340. The Morgan fingerprint density at radius 2 is 1.97 bits per heavy atom. The van der Waals surface area contributed by atoms with Gasteiger partial charge in [0.25, 0.3) is 5.91 Å². The number of benzene rings is 1. The molecule has 184 valence electrons. The van der Waals surface area contributed by atoms with Crippen LogP contribution in [-0.2, 0) is 16.8 Å². The first-order valence-electron chi connectivity index (χ1n) is 11.5. The van der Waals surface area contributed by atoms with Crippen LogP contribution in [0.25, 0.3) is 0 Å². The summed E-state index contributed by atoms with van der Waals surface area (Å²) in [6, 6.07) is 4.50.